The maximum Gasteiger partial charge on any atom is 0.573 e. The Balaban J connectivity index is 1.55. The van der Waals surface area contributed by atoms with E-state index in [1.807, 2.05) is 35.6 Å². The van der Waals surface area contributed by atoms with Crippen molar-refractivity contribution in [1.29, 1.82) is 5.41 Å². The van der Waals surface area contributed by atoms with E-state index in [0.717, 1.165) is 5.56 Å². The summed E-state index contributed by atoms with van der Waals surface area (Å²) in [6.45, 7) is 1.99. The summed E-state index contributed by atoms with van der Waals surface area (Å²) < 4.78 is 41.7. The zero-order chi connectivity index (χ0) is 32.1. The number of alkyl halides is 3. The molecule has 0 saturated heterocycles. The predicted molar refractivity (Wildman–Crippen MR) is 157 cm³/mol. The number of benzene rings is 3. The molecule has 0 unspecified atom stereocenters. The summed E-state index contributed by atoms with van der Waals surface area (Å²) in [6, 6.07) is 20.0. The van der Waals surface area contributed by atoms with E-state index in [9.17, 15) is 27.6 Å². The molecule has 3 rings (SSSR count). The lowest BCUT2D eigenvalue weighted by Gasteiger charge is -2.21. The number of carboxylic acid groups (broad SMARTS) is 1. The second-order valence-corrected chi connectivity index (χ2v) is 9.93. The van der Waals surface area contributed by atoms with E-state index in [1.54, 1.807) is 37.3 Å². The molecule has 0 spiro atoms. The molecule has 0 aliphatic rings. The average Bonchev–Trinajstić information content (AvgIpc) is 2.97. The molecule has 10 nitrogen and oxygen atoms in total. The van der Waals surface area contributed by atoms with Gasteiger partial charge in [0.2, 0.25) is 11.8 Å². The smallest absolute Gasteiger partial charge is 0.465 e. The molecule has 0 saturated carbocycles. The lowest BCUT2D eigenvalue weighted by molar-refractivity contribution is -0.274. The summed E-state index contributed by atoms with van der Waals surface area (Å²) in [5.41, 5.74) is 2.68. The molecule has 3 amide bonds. The molecule has 0 aromatic heterocycles. The largest absolute Gasteiger partial charge is 0.573 e. The number of aryl methyl sites for hydroxylation is 1. The molecule has 6 N–H and O–H groups in total. The Morgan fingerprint density at radius 1 is 0.886 bits per heavy atom. The first-order valence-corrected chi connectivity index (χ1v) is 13.8. The highest BCUT2D eigenvalue weighted by Crippen LogP contribution is 2.23. The van der Waals surface area contributed by atoms with Crippen LogP contribution < -0.4 is 26.0 Å². The number of carbonyl (C=O) groups is 3. The lowest BCUT2D eigenvalue weighted by atomic mass is 10.0. The van der Waals surface area contributed by atoms with Crippen LogP contribution >= 0.6 is 0 Å². The van der Waals surface area contributed by atoms with Gasteiger partial charge in [-0.3, -0.25) is 20.3 Å². The van der Waals surface area contributed by atoms with Gasteiger partial charge in [0.1, 0.15) is 17.6 Å². The zero-order valence-corrected chi connectivity index (χ0v) is 23.9. The molecule has 0 aliphatic heterocycles. The van der Waals surface area contributed by atoms with Crippen molar-refractivity contribution in [2.45, 2.75) is 51.2 Å². The van der Waals surface area contributed by atoms with E-state index in [4.69, 9.17) is 10.5 Å². The van der Waals surface area contributed by atoms with Crippen molar-refractivity contribution in [3.8, 4) is 5.75 Å². The highest BCUT2D eigenvalue weighted by atomic mass is 19.4. The van der Waals surface area contributed by atoms with E-state index in [0.29, 0.717) is 42.5 Å². The maximum atomic E-state index is 13.2. The van der Waals surface area contributed by atoms with Crippen LogP contribution in [-0.2, 0) is 29.0 Å². The van der Waals surface area contributed by atoms with Crippen molar-refractivity contribution in [1.82, 2.24) is 21.3 Å². The van der Waals surface area contributed by atoms with Crippen molar-refractivity contribution in [2.75, 3.05) is 6.54 Å². The number of carbonyl (C=O) groups excluding carboxylic acids is 2. The Labute approximate surface area is 252 Å². The number of hydrogen-bond acceptors (Lipinski definition) is 6. The summed E-state index contributed by atoms with van der Waals surface area (Å²) in [7, 11) is 0. The van der Waals surface area contributed by atoms with Gasteiger partial charge in [0.15, 0.2) is 0 Å². The van der Waals surface area contributed by atoms with Gasteiger partial charge in [-0.15, -0.1) is 13.2 Å². The number of amides is 3. The fraction of sp³-hybridized carbons (Fsp3) is 0.290. The van der Waals surface area contributed by atoms with Crippen molar-refractivity contribution < 1.29 is 37.4 Å². The van der Waals surface area contributed by atoms with E-state index in [2.05, 4.69) is 20.7 Å². The average molecular weight is 614 g/mol. The Bertz CT molecular complexity index is 1420. The highest BCUT2D eigenvalue weighted by molar-refractivity contribution is 6.04. The zero-order valence-electron chi connectivity index (χ0n) is 23.9. The summed E-state index contributed by atoms with van der Waals surface area (Å²) in [6.07, 6.45) is -4.80. The molecule has 13 heteroatoms. The van der Waals surface area contributed by atoms with E-state index in [-0.39, 0.29) is 18.1 Å². The van der Waals surface area contributed by atoms with Gasteiger partial charge in [0, 0.05) is 12.1 Å². The number of rotatable bonds is 14. The Hall–Kier alpha value is -4.91. The molecule has 3 aromatic rings. The lowest BCUT2D eigenvalue weighted by Crippen LogP contribution is -2.52. The summed E-state index contributed by atoms with van der Waals surface area (Å²) in [5, 5.41) is 27.0. The van der Waals surface area contributed by atoms with Gasteiger partial charge >= 0.3 is 12.5 Å². The van der Waals surface area contributed by atoms with E-state index in [1.165, 1.54) is 18.2 Å². The van der Waals surface area contributed by atoms with E-state index >= 15 is 0 Å². The number of halogens is 3. The van der Waals surface area contributed by atoms with Crippen molar-refractivity contribution in [3.63, 3.8) is 0 Å². The fourth-order valence-corrected chi connectivity index (χ4v) is 4.26. The van der Waals surface area contributed by atoms with Gasteiger partial charge in [0.25, 0.3) is 0 Å². The molecule has 3 aromatic carbocycles. The molecular weight excluding hydrogens is 579 g/mol. The Morgan fingerprint density at radius 2 is 1.57 bits per heavy atom. The molecule has 234 valence electrons. The van der Waals surface area contributed by atoms with Crippen LogP contribution in [0, 0.1) is 5.41 Å². The molecule has 0 radical (unpaired) electrons. The van der Waals surface area contributed by atoms with Crippen LogP contribution in [0.2, 0.25) is 0 Å². The quantitative estimate of drug-likeness (QED) is 0.119. The third-order valence-corrected chi connectivity index (χ3v) is 6.51. The van der Waals surface area contributed by atoms with Gasteiger partial charge in [-0.05, 0) is 61.6 Å². The molecule has 2 atom stereocenters. The fourth-order valence-electron chi connectivity index (χ4n) is 4.26. The Morgan fingerprint density at radius 3 is 2.23 bits per heavy atom. The van der Waals surface area contributed by atoms with E-state index < -0.39 is 36.4 Å². The van der Waals surface area contributed by atoms with Gasteiger partial charge in [0.05, 0.1) is 6.04 Å². The molecule has 0 heterocycles. The number of hydrogen-bond donors (Lipinski definition) is 6. The second-order valence-electron chi connectivity index (χ2n) is 9.93. The van der Waals surface area contributed by atoms with Crippen LogP contribution in [0.4, 0.5) is 18.0 Å². The molecule has 0 fully saturated rings. The summed E-state index contributed by atoms with van der Waals surface area (Å²) >= 11 is 0. The third-order valence-electron chi connectivity index (χ3n) is 6.51. The minimum atomic E-state index is -4.79. The first-order chi connectivity index (χ1) is 20.9. The van der Waals surface area contributed by atoms with Crippen molar-refractivity contribution >= 4 is 23.7 Å². The van der Waals surface area contributed by atoms with Crippen LogP contribution in [0.25, 0.3) is 0 Å². The molecular formula is C31H34F3N5O5. The monoisotopic (exact) mass is 613 g/mol. The van der Waals surface area contributed by atoms with Crippen LogP contribution in [0.3, 0.4) is 0 Å². The summed E-state index contributed by atoms with van der Waals surface area (Å²) in [5.74, 6) is -1.42. The second kappa shape index (κ2) is 16.1. The molecule has 44 heavy (non-hydrogen) atoms. The standard InChI is InChI=1S/C31H34F3N5O5/c1-20(28(40)37-19-23-10-13-24(14-11-23)27(35)39-30(42)43)38-29(41)26(15-12-21-6-3-2-4-7-21)36-17-16-22-8-5-9-25(18-22)44-31(32,33)34/h2-11,13-14,18,20,26,36H,12,15-17,19H2,1H3,(H2,35,39)(H,37,40)(H,38,41)(H,42,43)/t20-,26+/m0/s1. The van der Waals surface area contributed by atoms with Gasteiger partial charge in [-0.1, -0.05) is 66.7 Å². The van der Waals surface area contributed by atoms with Crippen LogP contribution in [0.5, 0.6) is 5.75 Å². The van der Waals surface area contributed by atoms with Crippen molar-refractivity contribution in [2.24, 2.45) is 0 Å². The molecule has 0 aliphatic carbocycles. The van der Waals surface area contributed by atoms with Crippen molar-refractivity contribution in [3.05, 3.63) is 101 Å². The van der Waals surface area contributed by atoms with Gasteiger partial charge in [-0.25, -0.2) is 4.79 Å². The third kappa shape index (κ3) is 11.8. The van der Waals surface area contributed by atoms with Crippen LogP contribution in [0.15, 0.2) is 78.9 Å². The first kappa shape index (κ1) is 33.6. The highest BCUT2D eigenvalue weighted by Gasteiger charge is 2.31. The van der Waals surface area contributed by atoms with Gasteiger partial charge in [-0.2, -0.15) is 0 Å². The predicted octanol–water partition coefficient (Wildman–Crippen LogP) is 4.13. The molecule has 0 bridgehead atoms. The minimum Gasteiger partial charge on any atom is -0.465 e. The number of ether oxygens (including phenoxy) is 1. The number of amidine groups is 1. The SMILES string of the molecule is C[C@H](NC(=O)[C@@H](CCc1ccccc1)NCCc1cccc(OC(F)(F)F)c1)C(=O)NCc1ccc(C(=N)NC(=O)O)cc1. The topological polar surface area (TPSA) is 153 Å². The first-order valence-electron chi connectivity index (χ1n) is 13.8. The summed E-state index contributed by atoms with van der Waals surface area (Å²) in [4.78, 5) is 36.7. The normalized spacial score (nSPS) is 12.5. The minimum absolute atomic E-state index is 0.145. The number of nitrogens with one attached hydrogen (secondary N) is 5. The van der Waals surface area contributed by atoms with Gasteiger partial charge < -0.3 is 25.8 Å². The Kier molecular flexibility index (Phi) is 12.3. The van der Waals surface area contributed by atoms with Crippen LogP contribution in [-0.4, -0.2) is 53.8 Å². The maximum absolute atomic E-state index is 13.2. The van der Waals surface area contributed by atoms with Crippen LogP contribution in [0.1, 0.15) is 35.6 Å².